The molecule has 1 atom stereocenters. The Morgan fingerprint density at radius 2 is 2.36 bits per heavy atom. The fourth-order valence-corrected chi connectivity index (χ4v) is 2.31. The van der Waals surface area contributed by atoms with Crippen LogP contribution < -0.4 is 11.5 Å². The summed E-state index contributed by atoms with van der Waals surface area (Å²) in [6.45, 7) is 0.218. The standard InChI is InChI=1S/C8H11BrN2O2S/c9-7-2-1-6(14-7)5(10)3-13-4-8(11)12/h1-2,5H,3-4,10H2,(H2,11,12). The molecular weight excluding hydrogens is 268 g/mol. The molecule has 1 aromatic rings. The molecule has 0 aliphatic carbocycles. The highest BCUT2D eigenvalue weighted by molar-refractivity contribution is 9.11. The fourth-order valence-electron chi connectivity index (χ4n) is 0.896. The molecule has 0 aliphatic heterocycles. The summed E-state index contributed by atoms with van der Waals surface area (Å²) in [6, 6.07) is 3.65. The Hall–Kier alpha value is -0.430. The first-order valence-corrected chi connectivity index (χ1v) is 5.57. The number of carbonyl (C=O) groups excluding carboxylic acids is 1. The summed E-state index contributed by atoms with van der Waals surface area (Å²) in [4.78, 5) is 11.4. The lowest BCUT2D eigenvalue weighted by Crippen LogP contribution is -2.22. The molecule has 1 rings (SSSR count). The highest BCUT2D eigenvalue weighted by atomic mass is 79.9. The molecule has 78 valence electrons. The summed E-state index contributed by atoms with van der Waals surface area (Å²) in [5, 5.41) is 0. The van der Waals surface area contributed by atoms with Gasteiger partial charge in [0.1, 0.15) is 6.61 Å². The molecule has 6 heteroatoms. The van der Waals surface area contributed by atoms with Crippen LogP contribution in [0.25, 0.3) is 0 Å². The van der Waals surface area contributed by atoms with Gasteiger partial charge in [-0.1, -0.05) is 0 Å². The Morgan fingerprint density at radius 1 is 1.64 bits per heavy atom. The van der Waals surface area contributed by atoms with Gasteiger partial charge in [0.15, 0.2) is 0 Å². The SMILES string of the molecule is NC(=O)COCC(N)c1ccc(Br)s1. The second-order valence-corrected chi connectivity index (χ2v) is 5.22. The van der Waals surface area contributed by atoms with Crippen molar-refractivity contribution in [2.45, 2.75) is 6.04 Å². The lowest BCUT2D eigenvalue weighted by molar-refractivity contribution is -0.122. The number of hydrogen-bond acceptors (Lipinski definition) is 4. The number of ether oxygens (including phenoxy) is 1. The van der Waals surface area contributed by atoms with Gasteiger partial charge in [-0.05, 0) is 28.1 Å². The number of carbonyl (C=O) groups is 1. The monoisotopic (exact) mass is 278 g/mol. The van der Waals surface area contributed by atoms with Crippen molar-refractivity contribution in [2.75, 3.05) is 13.2 Å². The van der Waals surface area contributed by atoms with Crippen molar-refractivity contribution in [1.82, 2.24) is 0 Å². The molecule has 0 aromatic carbocycles. The molecule has 0 spiro atoms. The van der Waals surface area contributed by atoms with Crippen LogP contribution in [0.1, 0.15) is 10.9 Å². The maximum Gasteiger partial charge on any atom is 0.243 e. The van der Waals surface area contributed by atoms with E-state index in [4.69, 9.17) is 16.2 Å². The number of primary amides is 1. The van der Waals surface area contributed by atoms with Gasteiger partial charge in [0.05, 0.1) is 16.4 Å². The van der Waals surface area contributed by atoms with Gasteiger partial charge in [0, 0.05) is 4.88 Å². The van der Waals surface area contributed by atoms with Gasteiger partial charge in [-0.25, -0.2) is 0 Å². The van der Waals surface area contributed by atoms with Gasteiger partial charge in [-0.3, -0.25) is 4.79 Å². The van der Waals surface area contributed by atoms with Crippen molar-refractivity contribution in [3.05, 3.63) is 20.8 Å². The van der Waals surface area contributed by atoms with Gasteiger partial charge in [0.25, 0.3) is 0 Å². The van der Waals surface area contributed by atoms with Crippen LogP contribution in [0.5, 0.6) is 0 Å². The van der Waals surface area contributed by atoms with E-state index in [2.05, 4.69) is 15.9 Å². The molecule has 14 heavy (non-hydrogen) atoms. The third kappa shape index (κ3) is 3.75. The molecule has 1 unspecified atom stereocenters. The zero-order chi connectivity index (χ0) is 10.6. The average molecular weight is 279 g/mol. The van der Waals surface area contributed by atoms with E-state index >= 15 is 0 Å². The highest BCUT2D eigenvalue weighted by Crippen LogP contribution is 2.26. The van der Waals surface area contributed by atoms with Crippen LogP contribution in [0.15, 0.2) is 15.9 Å². The zero-order valence-corrected chi connectivity index (χ0v) is 9.81. The molecular formula is C8H11BrN2O2S. The number of nitrogens with two attached hydrogens (primary N) is 2. The maximum absolute atomic E-state index is 10.4. The van der Waals surface area contributed by atoms with Gasteiger partial charge < -0.3 is 16.2 Å². The quantitative estimate of drug-likeness (QED) is 0.844. The number of thiophene rings is 1. The molecule has 4 nitrogen and oxygen atoms in total. The maximum atomic E-state index is 10.4. The first-order valence-electron chi connectivity index (χ1n) is 3.96. The summed E-state index contributed by atoms with van der Waals surface area (Å²) in [6.07, 6.45) is 0. The number of rotatable bonds is 5. The van der Waals surface area contributed by atoms with Crippen LogP contribution in [0.2, 0.25) is 0 Å². The number of hydrogen-bond donors (Lipinski definition) is 2. The molecule has 1 heterocycles. The van der Waals surface area contributed by atoms with E-state index in [1.807, 2.05) is 12.1 Å². The van der Waals surface area contributed by atoms with Gasteiger partial charge >= 0.3 is 0 Å². The third-order valence-electron chi connectivity index (χ3n) is 1.50. The normalized spacial score (nSPS) is 12.7. The predicted molar refractivity (Wildman–Crippen MR) is 59.0 cm³/mol. The Bertz CT molecular complexity index is 316. The molecule has 0 saturated carbocycles. The molecule has 4 N–H and O–H groups in total. The summed E-state index contributed by atoms with van der Waals surface area (Å²) in [5.41, 5.74) is 10.7. The molecule has 0 fully saturated rings. The van der Waals surface area contributed by atoms with E-state index in [9.17, 15) is 4.79 Å². The van der Waals surface area contributed by atoms with Crippen LogP contribution in [0, 0.1) is 0 Å². The summed E-state index contributed by atoms with van der Waals surface area (Å²) >= 11 is 4.89. The van der Waals surface area contributed by atoms with Crippen LogP contribution >= 0.6 is 27.3 Å². The van der Waals surface area contributed by atoms with Crippen molar-refractivity contribution in [2.24, 2.45) is 11.5 Å². The zero-order valence-electron chi connectivity index (χ0n) is 7.40. The van der Waals surface area contributed by atoms with Crippen molar-refractivity contribution in [3.63, 3.8) is 0 Å². The van der Waals surface area contributed by atoms with E-state index in [1.165, 1.54) is 0 Å². The average Bonchev–Trinajstić information content (AvgIpc) is 2.51. The third-order valence-corrected chi connectivity index (χ3v) is 3.26. The Morgan fingerprint density at radius 3 is 2.86 bits per heavy atom. The molecule has 0 saturated heterocycles. The minimum absolute atomic E-state index is 0.0831. The van der Waals surface area contributed by atoms with Crippen LogP contribution in [-0.4, -0.2) is 19.1 Å². The Balaban J connectivity index is 2.35. The van der Waals surface area contributed by atoms with Crippen LogP contribution in [-0.2, 0) is 9.53 Å². The highest BCUT2D eigenvalue weighted by Gasteiger charge is 2.09. The van der Waals surface area contributed by atoms with E-state index in [-0.39, 0.29) is 12.6 Å². The van der Waals surface area contributed by atoms with E-state index in [1.54, 1.807) is 11.3 Å². The van der Waals surface area contributed by atoms with E-state index < -0.39 is 5.91 Å². The van der Waals surface area contributed by atoms with E-state index in [0.717, 1.165) is 8.66 Å². The van der Waals surface area contributed by atoms with Gasteiger partial charge in [0.2, 0.25) is 5.91 Å². The molecule has 0 aliphatic rings. The van der Waals surface area contributed by atoms with Gasteiger partial charge in [-0.2, -0.15) is 0 Å². The van der Waals surface area contributed by atoms with Crippen LogP contribution in [0.4, 0.5) is 0 Å². The van der Waals surface area contributed by atoms with Crippen LogP contribution in [0.3, 0.4) is 0 Å². The number of amides is 1. The lowest BCUT2D eigenvalue weighted by Gasteiger charge is -2.08. The minimum Gasteiger partial charge on any atom is -0.370 e. The van der Waals surface area contributed by atoms with Crippen molar-refractivity contribution in [3.8, 4) is 0 Å². The summed E-state index contributed by atoms with van der Waals surface area (Å²) < 4.78 is 6.04. The predicted octanol–water partition coefficient (Wildman–Crippen LogP) is 1.01. The van der Waals surface area contributed by atoms with E-state index in [0.29, 0.717) is 6.61 Å². The molecule has 0 radical (unpaired) electrons. The second-order valence-electron chi connectivity index (χ2n) is 2.73. The molecule has 1 amide bonds. The Labute approximate surface area is 94.4 Å². The first kappa shape index (κ1) is 11.6. The second kappa shape index (κ2) is 5.45. The summed E-state index contributed by atoms with van der Waals surface area (Å²) in [7, 11) is 0. The van der Waals surface area contributed by atoms with Crippen molar-refractivity contribution >= 4 is 33.2 Å². The minimum atomic E-state index is -0.482. The largest absolute Gasteiger partial charge is 0.370 e. The number of halogens is 1. The lowest BCUT2D eigenvalue weighted by atomic mass is 10.3. The van der Waals surface area contributed by atoms with Crippen molar-refractivity contribution < 1.29 is 9.53 Å². The topological polar surface area (TPSA) is 78.3 Å². The molecule has 1 aromatic heterocycles. The summed E-state index contributed by atoms with van der Waals surface area (Å²) in [5.74, 6) is -0.482. The fraction of sp³-hybridized carbons (Fsp3) is 0.375. The molecule has 0 bridgehead atoms. The first-order chi connectivity index (χ1) is 6.59. The Kier molecular flexibility index (Phi) is 4.53. The smallest absolute Gasteiger partial charge is 0.243 e. The van der Waals surface area contributed by atoms with Crippen molar-refractivity contribution in [1.29, 1.82) is 0 Å². The van der Waals surface area contributed by atoms with Gasteiger partial charge in [-0.15, -0.1) is 11.3 Å².